The molecular weight excluding hydrogens is 373 g/mol. The third-order valence-corrected chi connectivity index (χ3v) is 4.68. The second kappa shape index (κ2) is 8.04. The van der Waals surface area contributed by atoms with Gasteiger partial charge in [0.15, 0.2) is 5.82 Å². The molecule has 0 spiro atoms. The Kier molecular flexibility index (Phi) is 5.55. The maximum Gasteiger partial charge on any atom is 0.341 e. The number of aromatic nitrogens is 4. The molecule has 0 aliphatic heterocycles. The number of aromatic amines is 1. The molecule has 0 radical (unpaired) electrons. The summed E-state index contributed by atoms with van der Waals surface area (Å²) < 4.78 is 18.4. The molecule has 0 fully saturated rings. The van der Waals surface area contributed by atoms with Crippen molar-refractivity contribution in [2.45, 2.75) is 20.3 Å². The minimum Gasteiger partial charge on any atom is -0.462 e. The first-order valence-electron chi connectivity index (χ1n) is 8.08. The van der Waals surface area contributed by atoms with E-state index in [4.69, 9.17) is 4.74 Å². The minimum atomic E-state index is -0.559. The molecule has 1 amide bonds. The van der Waals surface area contributed by atoms with Crippen molar-refractivity contribution in [2.24, 2.45) is 0 Å². The van der Waals surface area contributed by atoms with Gasteiger partial charge in [0.05, 0.1) is 13.0 Å². The first-order valence-corrected chi connectivity index (χ1v) is 8.89. The minimum absolute atomic E-state index is 0.0956. The van der Waals surface area contributed by atoms with Crippen LogP contribution in [-0.4, -0.2) is 39.1 Å². The number of hydrogen-bond acceptors (Lipinski definition) is 7. The predicted molar refractivity (Wildman–Crippen MR) is 96.9 cm³/mol. The third-order valence-electron chi connectivity index (χ3n) is 3.66. The van der Waals surface area contributed by atoms with Crippen LogP contribution in [0.5, 0.6) is 0 Å². The number of hydrogen-bond donors (Lipinski definition) is 2. The molecule has 0 bridgehead atoms. The van der Waals surface area contributed by atoms with E-state index in [1.807, 2.05) is 6.92 Å². The molecule has 0 atom stereocenters. The van der Waals surface area contributed by atoms with Gasteiger partial charge in [-0.1, -0.05) is 17.3 Å². The van der Waals surface area contributed by atoms with Gasteiger partial charge in [0.1, 0.15) is 16.4 Å². The first kappa shape index (κ1) is 18.6. The number of benzene rings is 1. The highest BCUT2D eigenvalue weighted by Crippen LogP contribution is 2.40. The lowest BCUT2D eigenvalue weighted by molar-refractivity contribution is -0.115. The molecule has 1 aromatic carbocycles. The van der Waals surface area contributed by atoms with Crippen LogP contribution in [0.2, 0.25) is 0 Å². The zero-order chi connectivity index (χ0) is 19.4. The number of amides is 1. The van der Waals surface area contributed by atoms with Gasteiger partial charge in [-0.05, 0) is 31.5 Å². The number of anilines is 1. The normalized spacial score (nSPS) is 10.6. The number of carbonyl (C=O) groups excluding carboxylic acids is 2. The molecule has 3 aromatic rings. The van der Waals surface area contributed by atoms with Gasteiger partial charge in [-0.3, -0.25) is 4.79 Å². The van der Waals surface area contributed by atoms with Crippen molar-refractivity contribution < 1.29 is 18.7 Å². The Balaban J connectivity index is 1.97. The highest BCUT2D eigenvalue weighted by Gasteiger charge is 2.25. The summed E-state index contributed by atoms with van der Waals surface area (Å²) in [5.41, 5.74) is 1.51. The fourth-order valence-corrected chi connectivity index (χ4v) is 3.65. The lowest BCUT2D eigenvalue weighted by atomic mass is 10.0. The van der Waals surface area contributed by atoms with Gasteiger partial charge in [0.25, 0.3) is 0 Å². The summed E-state index contributed by atoms with van der Waals surface area (Å²) in [5, 5.41) is 16.2. The average Bonchev–Trinajstić information content (AvgIpc) is 3.23. The van der Waals surface area contributed by atoms with Crippen LogP contribution in [0.15, 0.2) is 24.3 Å². The Labute approximate surface area is 157 Å². The standard InChI is InChI=1S/C17H16FN5O3S/c1-3-26-17(25)15-14(10-4-6-11(18)7-5-10)9(2)27-16(15)19-13(24)8-12-20-22-23-21-12/h4-7H,3,8H2,1-2H3,(H,19,24)(H,20,21,22,23). The number of esters is 1. The number of H-pyrrole nitrogens is 1. The second-order valence-corrected chi connectivity index (χ2v) is 6.74. The van der Waals surface area contributed by atoms with Crippen molar-refractivity contribution in [2.75, 3.05) is 11.9 Å². The lowest BCUT2D eigenvalue weighted by Gasteiger charge is -2.09. The van der Waals surface area contributed by atoms with E-state index in [9.17, 15) is 14.0 Å². The number of aryl methyl sites for hydroxylation is 1. The van der Waals surface area contributed by atoms with Crippen LogP contribution >= 0.6 is 11.3 Å². The summed E-state index contributed by atoms with van der Waals surface area (Å²) in [4.78, 5) is 25.6. The van der Waals surface area contributed by atoms with Crippen LogP contribution in [-0.2, 0) is 16.0 Å². The van der Waals surface area contributed by atoms with Crippen LogP contribution in [0, 0.1) is 12.7 Å². The molecule has 140 valence electrons. The maximum atomic E-state index is 13.3. The largest absolute Gasteiger partial charge is 0.462 e. The van der Waals surface area contributed by atoms with Gasteiger partial charge in [0.2, 0.25) is 5.91 Å². The van der Waals surface area contributed by atoms with Crippen LogP contribution in [0.3, 0.4) is 0 Å². The van der Waals surface area contributed by atoms with Gasteiger partial charge in [-0.2, -0.15) is 5.21 Å². The molecule has 2 N–H and O–H groups in total. The van der Waals surface area contributed by atoms with Crippen molar-refractivity contribution >= 4 is 28.2 Å². The van der Waals surface area contributed by atoms with E-state index in [-0.39, 0.29) is 30.2 Å². The Morgan fingerprint density at radius 1 is 1.30 bits per heavy atom. The van der Waals surface area contributed by atoms with E-state index in [0.29, 0.717) is 16.1 Å². The summed E-state index contributed by atoms with van der Waals surface area (Å²) in [5.74, 6) is -1.10. The molecule has 8 nitrogen and oxygen atoms in total. The monoisotopic (exact) mass is 389 g/mol. The molecular formula is C17H16FN5O3S. The van der Waals surface area contributed by atoms with Gasteiger partial charge >= 0.3 is 5.97 Å². The number of rotatable bonds is 6. The number of thiophene rings is 1. The Morgan fingerprint density at radius 2 is 2.04 bits per heavy atom. The average molecular weight is 389 g/mol. The summed E-state index contributed by atoms with van der Waals surface area (Å²) in [6.07, 6.45) is -0.0956. The number of nitrogens with one attached hydrogen (secondary N) is 2. The fourth-order valence-electron chi connectivity index (χ4n) is 2.57. The van der Waals surface area contributed by atoms with Crippen molar-refractivity contribution in [3.05, 3.63) is 46.3 Å². The quantitative estimate of drug-likeness (QED) is 0.627. The van der Waals surface area contributed by atoms with Crippen LogP contribution in [0.25, 0.3) is 11.1 Å². The number of nitrogens with zero attached hydrogens (tertiary/aromatic N) is 3. The molecule has 2 heterocycles. The predicted octanol–water partition coefficient (Wildman–Crippen LogP) is 2.73. The highest BCUT2D eigenvalue weighted by atomic mass is 32.1. The van der Waals surface area contributed by atoms with Crippen molar-refractivity contribution in [1.29, 1.82) is 0 Å². The Hall–Kier alpha value is -3.14. The van der Waals surface area contributed by atoms with Crippen molar-refractivity contribution in [1.82, 2.24) is 20.6 Å². The molecule has 0 saturated heterocycles. The van der Waals surface area contributed by atoms with E-state index in [0.717, 1.165) is 4.88 Å². The second-order valence-electron chi connectivity index (χ2n) is 5.52. The molecule has 3 rings (SSSR count). The summed E-state index contributed by atoms with van der Waals surface area (Å²) >= 11 is 1.24. The van der Waals surface area contributed by atoms with Crippen LogP contribution in [0.4, 0.5) is 9.39 Å². The van der Waals surface area contributed by atoms with E-state index >= 15 is 0 Å². The zero-order valence-corrected chi connectivity index (χ0v) is 15.4. The smallest absolute Gasteiger partial charge is 0.341 e. The number of carbonyl (C=O) groups is 2. The Bertz CT molecular complexity index is 954. The van der Waals surface area contributed by atoms with E-state index in [2.05, 4.69) is 25.9 Å². The first-order chi connectivity index (χ1) is 13.0. The number of halogens is 1. The number of tetrazole rings is 1. The Morgan fingerprint density at radius 3 is 2.67 bits per heavy atom. The molecule has 10 heteroatoms. The maximum absolute atomic E-state index is 13.3. The van der Waals surface area contributed by atoms with E-state index in [1.54, 1.807) is 19.1 Å². The summed E-state index contributed by atoms with van der Waals surface area (Å²) in [6, 6.07) is 5.79. The summed E-state index contributed by atoms with van der Waals surface area (Å²) in [7, 11) is 0. The third kappa shape index (κ3) is 4.17. The number of ether oxygens (including phenoxy) is 1. The summed E-state index contributed by atoms with van der Waals surface area (Å²) in [6.45, 7) is 3.71. The van der Waals surface area contributed by atoms with Gasteiger partial charge in [0, 0.05) is 10.4 Å². The van der Waals surface area contributed by atoms with Crippen molar-refractivity contribution in [3.8, 4) is 11.1 Å². The van der Waals surface area contributed by atoms with Crippen LogP contribution in [0.1, 0.15) is 28.0 Å². The molecule has 0 aliphatic carbocycles. The van der Waals surface area contributed by atoms with E-state index in [1.165, 1.54) is 23.5 Å². The molecule has 0 saturated carbocycles. The van der Waals surface area contributed by atoms with Crippen LogP contribution < -0.4 is 5.32 Å². The van der Waals surface area contributed by atoms with E-state index < -0.39 is 11.9 Å². The van der Waals surface area contributed by atoms with Gasteiger partial charge in [-0.25, -0.2) is 9.18 Å². The SMILES string of the molecule is CCOC(=O)c1c(NC(=O)Cc2nn[nH]n2)sc(C)c1-c1ccc(F)cc1. The molecule has 27 heavy (non-hydrogen) atoms. The molecule has 0 unspecified atom stereocenters. The van der Waals surface area contributed by atoms with Gasteiger partial charge < -0.3 is 10.1 Å². The topological polar surface area (TPSA) is 110 Å². The highest BCUT2D eigenvalue weighted by molar-refractivity contribution is 7.17. The fraction of sp³-hybridized carbons (Fsp3) is 0.235. The lowest BCUT2D eigenvalue weighted by Crippen LogP contribution is -2.17. The zero-order valence-electron chi connectivity index (χ0n) is 14.6. The van der Waals surface area contributed by atoms with Gasteiger partial charge in [-0.15, -0.1) is 21.5 Å². The van der Waals surface area contributed by atoms with Crippen molar-refractivity contribution in [3.63, 3.8) is 0 Å². The molecule has 2 aromatic heterocycles. The molecule has 0 aliphatic rings.